The Hall–Kier alpha value is -2.79. The lowest BCUT2D eigenvalue weighted by Gasteiger charge is -2.13. The summed E-state index contributed by atoms with van der Waals surface area (Å²) in [6.45, 7) is 1.98. The number of halogens is 2. The number of amides is 1. The molecule has 0 bridgehead atoms. The van der Waals surface area contributed by atoms with Gasteiger partial charge in [0.15, 0.2) is 5.76 Å². The van der Waals surface area contributed by atoms with Crippen molar-refractivity contribution in [2.45, 2.75) is 19.6 Å². The number of hydrogen-bond acceptors (Lipinski definition) is 3. The Morgan fingerprint density at radius 3 is 2.69 bits per heavy atom. The molecular weight excluding hydrogens is 357 g/mol. The minimum atomic E-state index is -0.438. The van der Waals surface area contributed by atoms with Crippen molar-refractivity contribution in [2.24, 2.45) is 0 Å². The number of rotatable bonds is 6. The highest BCUT2D eigenvalue weighted by atomic mass is 35.5. The second kappa shape index (κ2) is 8.06. The van der Waals surface area contributed by atoms with Crippen LogP contribution in [-0.2, 0) is 6.61 Å². The zero-order chi connectivity index (χ0) is 18.5. The summed E-state index contributed by atoms with van der Waals surface area (Å²) in [4.78, 5) is 12.3. The van der Waals surface area contributed by atoms with Gasteiger partial charge in [0.25, 0.3) is 5.91 Å². The molecule has 6 heteroatoms. The maximum atomic E-state index is 13.0. The number of ether oxygens (including phenoxy) is 1. The van der Waals surface area contributed by atoms with Gasteiger partial charge in [-0.1, -0.05) is 41.9 Å². The number of carbonyl (C=O) groups is 1. The smallest absolute Gasteiger partial charge is 0.287 e. The van der Waals surface area contributed by atoms with E-state index in [1.165, 1.54) is 18.2 Å². The van der Waals surface area contributed by atoms with E-state index in [1.54, 1.807) is 12.1 Å². The molecule has 1 aromatic heterocycles. The maximum Gasteiger partial charge on any atom is 0.287 e. The lowest BCUT2D eigenvalue weighted by Crippen LogP contribution is -2.26. The van der Waals surface area contributed by atoms with Crippen molar-refractivity contribution in [3.8, 4) is 5.75 Å². The van der Waals surface area contributed by atoms with Crippen LogP contribution in [-0.4, -0.2) is 5.91 Å². The van der Waals surface area contributed by atoms with Gasteiger partial charge in [-0.15, -0.1) is 0 Å². The first-order chi connectivity index (χ1) is 12.5. The second-order valence-electron chi connectivity index (χ2n) is 5.74. The summed E-state index contributed by atoms with van der Waals surface area (Å²) < 4.78 is 24.0. The van der Waals surface area contributed by atoms with Gasteiger partial charge < -0.3 is 14.5 Å². The molecule has 0 saturated heterocycles. The van der Waals surface area contributed by atoms with Crippen LogP contribution in [0.1, 0.15) is 34.8 Å². The van der Waals surface area contributed by atoms with Crippen molar-refractivity contribution in [3.63, 3.8) is 0 Å². The summed E-state index contributed by atoms with van der Waals surface area (Å²) in [5.74, 6) is 0.243. The van der Waals surface area contributed by atoms with E-state index in [4.69, 9.17) is 20.8 Å². The van der Waals surface area contributed by atoms with Gasteiger partial charge in [-0.2, -0.15) is 0 Å². The molecule has 1 heterocycles. The summed E-state index contributed by atoms with van der Waals surface area (Å²) in [5, 5.41) is 3.05. The van der Waals surface area contributed by atoms with Gasteiger partial charge in [0.2, 0.25) is 0 Å². The monoisotopic (exact) mass is 373 g/mol. The molecule has 0 saturated carbocycles. The van der Waals surface area contributed by atoms with Gasteiger partial charge in [-0.25, -0.2) is 4.39 Å². The highest BCUT2D eigenvalue weighted by Crippen LogP contribution is 2.26. The average molecular weight is 374 g/mol. The van der Waals surface area contributed by atoms with E-state index in [9.17, 15) is 9.18 Å². The van der Waals surface area contributed by atoms with Crippen LogP contribution in [0.2, 0.25) is 5.02 Å². The van der Waals surface area contributed by atoms with Crippen molar-refractivity contribution >= 4 is 17.5 Å². The van der Waals surface area contributed by atoms with Crippen LogP contribution in [0.25, 0.3) is 0 Å². The van der Waals surface area contributed by atoms with Gasteiger partial charge >= 0.3 is 0 Å². The summed E-state index contributed by atoms with van der Waals surface area (Å²) >= 11 is 5.91. The van der Waals surface area contributed by atoms with Gasteiger partial charge in [-0.05, 0) is 42.8 Å². The highest BCUT2D eigenvalue weighted by molar-refractivity contribution is 6.32. The van der Waals surface area contributed by atoms with Crippen LogP contribution in [0.15, 0.2) is 65.1 Å². The maximum absolute atomic E-state index is 13.0. The third-order valence-corrected chi connectivity index (χ3v) is 4.09. The van der Waals surface area contributed by atoms with Gasteiger partial charge in [0.05, 0.1) is 11.1 Å². The van der Waals surface area contributed by atoms with Crippen molar-refractivity contribution in [1.29, 1.82) is 0 Å². The Balaban J connectivity index is 1.59. The molecule has 1 N–H and O–H groups in total. The van der Waals surface area contributed by atoms with E-state index in [2.05, 4.69) is 5.32 Å². The summed E-state index contributed by atoms with van der Waals surface area (Å²) in [5.41, 5.74) is 1.00. The van der Waals surface area contributed by atoms with E-state index < -0.39 is 5.82 Å². The lowest BCUT2D eigenvalue weighted by molar-refractivity contribution is 0.0907. The molecule has 3 aromatic rings. The standard InChI is InChI=1S/C20H17ClFNO3/c1-13(14-5-3-2-4-6-14)23-20(24)19-10-8-16(26-19)12-25-18-9-7-15(22)11-17(18)21/h2-11,13H,12H2,1H3,(H,23,24). The van der Waals surface area contributed by atoms with Gasteiger partial charge in [0.1, 0.15) is 23.9 Å². The first-order valence-corrected chi connectivity index (χ1v) is 8.43. The Labute approximate surface area is 155 Å². The molecule has 1 unspecified atom stereocenters. The Kier molecular flexibility index (Phi) is 5.58. The highest BCUT2D eigenvalue weighted by Gasteiger charge is 2.15. The number of nitrogens with one attached hydrogen (secondary N) is 1. The predicted molar refractivity (Wildman–Crippen MR) is 96.8 cm³/mol. The van der Waals surface area contributed by atoms with E-state index in [0.717, 1.165) is 5.56 Å². The van der Waals surface area contributed by atoms with E-state index in [1.807, 2.05) is 37.3 Å². The molecule has 0 fully saturated rings. The minimum Gasteiger partial charge on any atom is -0.484 e. The molecule has 26 heavy (non-hydrogen) atoms. The van der Waals surface area contributed by atoms with Crippen molar-refractivity contribution in [1.82, 2.24) is 5.32 Å². The van der Waals surface area contributed by atoms with E-state index in [0.29, 0.717) is 11.5 Å². The fourth-order valence-corrected chi connectivity index (χ4v) is 2.63. The molecule has 0 aliphatic carbocycles. The van der Waals surface area contributed by atoms with Crippen molar-refractivity contribution in [3.05, 3.63) is 88.6 Å². The molecule has 0 spiro atoms. The summed E-state index contributed by atoms with van der Waals surface area (Å²) in [6, 6.07) is 16.6. The zero-order valence-electron chi connectivity index (χ0n) is 14.0. The number of furan rings is 1. The van der Waals surface area contributed by atoms with Crippen LogP contribution in [0.3, 0.4) is 0 Å². The SMILES string of the molecule is CC(NC(=O)c1ccc(COc2ccc(F)cc2Cl)o1)c1ccccc1. The first kappa shape index (κ1) is 18.0. The lowest BCUT2D eigenvalue weighted by atomic mass is 10.1. The van der Waals surface area contributed by atoms with Gasteiger partial charge in [0, 0.05) is 0 Å². The Morgan fingerprint density at radius 1 is 1.19 bits per heavy atom. The third-order valence-electron chi connectivity index (χ3n) is 3.80. The fourth-order valence-electron chi connectivity index (χ4n) is 2.41. The molecule has 0 aliphatic rings. The zero-order valence-corrected chi connectivity index (χ0v) is 14.8. The predicted octanol–water partition coefficient (Wildman–Crippen LogP) is 5.14. The molecule has 4 nitrogen and oxygen atoms in total. The molecule has 2 aromatic carbocycles. The molecule has 134 valence electrons. The molecule has 3 rings (SSSR count). The minimum absolute atomic E-state index is 0.0763. The molecule has 1 amide bonds. The van der Waals surface area contributed by atoms with Gasteiger partial charge in [-0.3, -0.25) is 4.79 Å². The Morgan fingerprint density at radius 2 is 1.96 bits per heavy atom. The topological polar surface area (TPSA) is 51.5 Å². The normalized spacial score (nSPS) is 11.8. The van der Waals surface area contributed by atoms with E-state index in [-0.39, 0.29) is 29.3 Å². The second-order valence-corrected chi connectivity index (χ2v) is 6.14. The Bertz CT molecular complexity index is 895. The van der Waals surface area contributed by atoms with Crippen LogP contribution < -0.4 is 10.1 Å². The van der Waals surface area contributed by atoms with E-state index >= 15 is 0 Å². The molecule has 0 radical (unpaired) electrons. The van der Waals surface area contributed by atoms with Crippen LogP contribution in [0, 0.1) is 5.82 Å². The summed E-state index contributed by atoms with van der Waals surface area (Å²) in [6.07, 6.45) is 0. The van der Waals surface area contributed by atoms with Crippen LogP contribution in [0.5, 0.6) is 5.75 Å². The fraction of sp³-hybridized carbons (Fsp3) is 0.150. The largest absolute Gasteiger partial charge is 0.484 e. The third kappa shape index (κ3) is 4.43. The van der Waals surface area contributed by atoms with Crippen molar-refractivity contribution in [2.75, 3.05) is 0 Å². The number of hydrogen-bond donors (Lipinski definition) is 1. The number of benzene rings is 2. The van der Waals surface area contributed by atoms with Crippen LogP contribution >= 0.6 is 11.6 Å². The average Bonchev–Trinajstić information content (AvgIpc) is 3.11. The summed E-state index contributed by atoms with van der Waals surface area (Å²) in [7, 11) is 0. The molecular formula is C20H17ClFNO3. The molecule has 0 aliphatic heterocycles. The van der Waals surface area contributed by atoms with Crippen LogP contribution in [0.4, 0.5) is 4.39 Å². The van der Waals surface area contributed by atoms with Crippen molar-refractivity contribution < 1.29 is 18.3 Å². The number of carbonyl (C=O) groups excluding carboxylic acids is 1. The quantitative estimate of drug-likeness (QED) is 0.650. The molecule has 1 atom stereocenters. The first-order valence-electron chi connectivity index (χ1n) is 8.05.